The van der Waals surface area contributed by atoms with Gasteiger partial charge in [-0.25, -0.2) is 14.8 Å². The van der Waals surface area contributed by atoms with Crippen LogP contribution in [0.2, 0.25) is 0 Å². The number of anilines is 1. The summed E-state index contributed by atoms with van der Waals surface area (Å²) in [5.41, 5.74) is 7.43. The van der Waals surface area contributed by atoms with Gasteiger partial charge >= 0.3 is 6.09 Å². The number of imidazole rings is 1. The molecule has 1 saturated carbocycles. The second kappa shape index (κ2) is 6.37. The molecule has 1 amide bonds. The second-order valence-corrected chi connectivity index (χ2v) is 8.05. The van der Waals surface area contributed by atoms with E-state index >= 15 is 0 Å². The van der Waals surface area contributed by atoms with E-state index in [0.717, 1.165) is 27.9 Å². The molecule has 8 nitrogen and oxygen atoms in total. The number of aromatic nitrogens is 3. The first-order valence-electron chi connectivity index (χ1n) is 9.01. The van der Waals surface area contributed by atoms with Crippen molar-refractivity contribution in [2.24, 2.45) is 17.6 Å². The molecule has 144 valence electrons. The quantitative estimate of drug-likeness (QED) is 0.528. The van der Waals surface area contributed by atoms with Crippen molar-refractivity contribution in [3.63, 3.8) is 0 Å². The summed E-state index contributed by atoms with van der Waals surface area (Å²) in [7, 11) is 0. The van der Waals surface area contributed by atoms with E-state index in [2.05, 4.69) is 48.4 Å². The molecule has 0 radical (unpaired) electrons. The summed E-state index contributed by atoms with van der Waals surface area (Å²) in [4.78, 5) is 23.6. The maximum absolute atomic E-state index is 11.4. The minimum atomic E-state index is -0.756. The number of rotatable bonds is 4. The van der Waals surface area contributed by atoms with Crippen LogP contribution in [-0.2, 0) is 4.74 Å². The number of carbonyl (C=O) groups excluding carboxylic acids is 1. The van der Waals surface area contributed by atoms with Crippen LogP contribution in [0.1, 0.15) is 12.2 Å². The summed E-state index contributed by atoms with van der Waals surface area (Å²) < 4.78 is 11.9. The molecule has 3 heterocycles. The number of aryl methyl sites for hydroxylation is 1. The van der Waals surface area contributed by atoms with Gasteiger partial charge in [0.1, 0.15) is 17.4 Å². The monoisotopic (exact) mass is 443 g/mol. The fourth-order valence-electron chi connectivity index (χ4n) is 4.18. The van der Waals surface area contributed by atoms with E-state index in [-0.39, 0.29) is 24.0 Å². The third kappa shape index (κ3) is 2.77. The number of fused-ring (bicyclic) bond motifs is 3. The molecule has 0 saturated heterocycles. The molecule has 2 aliphatic carbocycles. The molecule has 0 unspecified atom stereocenters. The molecular formula is C19H18BrN5O3. The van der Waals surface area contributed by atoms with Gasteiger partial charge in [-0.1, -0.05) is 12.2 Å². The number of aromatic amines is 1. The average molecular weight is 444 g/mol. The van der Waals surface area contributed by atoms with Crippen LogP contribution in [0.15, 0.2) is 39.4 Å². The summed E-state index contributed by atoms with van der Waals surface area (Å²) in [6.45, 7) is 1.88. The Hall–Kier alpha value is -2.81. The summed E-state index contributed by atoms with van der Waals surface area (Å²) >= 11 is 3.57. The molecule has 0 aliphatic heterocycles. The maximum atomic E-state index is 11.4. The predicted octanol–water partition coefficient (Wildman–Crippen LogP) is 3.74. The van der Waals surface area contributed by atoms with Gasteiger partial charge in [0.25, 0.3) is 0 Å². The van der Waals surface area contributed by atoms with Crippen LogP contribution in [0.3, 0.4) is 0 Å². The van der Waals surface area contributed by atoms with Gasteiger partial charge in [-0.2, -0.15) is 0 Å². The predicted molar refractivity (Wildman–Crippen MR) is 107 cm³/mol. The highest BCUT2D eigenvalue weighted by Crippen LogP contribution is 2.44. The van der Waals surface area contributed by atoms with Crippen LogP contribution >= 0.6 is 15.9 Å². The number of ether oxygens (including phenoxy) is 1. The summed E-state index contributed by atoms with van der Waals surface area (Å²) in [5.74, 6) is 2.50. The largest absolute Gasteiger partial charge is 0.458 e. The lowest BCUT2D eigenvalue weighted by Gasteiger charge is -2.29. The highest BCUT2D eigenvalue weighted by Gasteiger charge is 2.47. The van der Waals surface area contributed by atoms with Crippen molar-refractivity contribution in [1.29, 1.82) is 0 Å². The third-order valence-corrected chi connectivity index (χ3v) is 6.00. The van der Waals surface area contributed by atoms with E-state index in [9.17, 15) is 4.79 Å². The summed E-state index contributed by atoms with van der Waals surface area (Å²) in [6.07, 6.45) is 5.84. The van der Waals surface area contributed by atoms with Gasteiger partial charge in [0.2, 0.25) is 0 Å². The molecule has 0 aromatic carbocycles. The molecule has 4 N–H and O–H groups in total. The number of halogens is 1. The van der Waals surface area contributed by atoms with E-state index in [1.165, 1.54) is 0 Å². The number of pyridine rings is 1. The molecule has 28 heavy (non-hydrogen) atoms. The van der Waals surface area contributed by atoms with E-state index in [4.69, 9.17) is 14.9 Å². The number of nitrogens with one attached hydrogen (secondary N) is 2. The standard InChI is InChI=1S/C19H18BrN5O3/c1-8-2-5-12(27-8)17-24-15-14(11(20)7-22-18(15)25-17)23-13-9-3-4-10(6-9)16(13)28-19(21)26/h2-5,7,9-10,13,16H,6H2,1H3,(H2,21,26)(H2,22,23,24,25)/t9-,10+,13+,16-/m0/s1. The number of nitrogens with two attached hydrogens (primary N) is 1. The first-order valence-corrected chi connectivity index (χ1v) is 9.81. The fourth-order valence-corrected chi connectivity index (χ4v) is 4.60. The second-order valence-electron chi connectivity index (χ2n) is 7.20. The maximum Gasteiger partial charge on any atom is 0.404 e. The highest BCUT2D eigenvalue weighted by atomic mass is 79.9. The van der Waals surface area contributed by atoms with Crippen LogP contribution < -0.4 is 11.1 Å². The number of H-pyrrole nitrogens is 1. The van der Waals surface area contributed by atoms with Crippen LogP contribution in [-0.4, -0.2) is 33.2 Å². The highest BCUT2D eigenvalue weighted by molar-refractivity contribution is 9.10. The zero-order valence-corrected chi connectivity index (χ0v) is 16.6. The number of carbonyl (C=O) groups is 1. The number of nitrogens with zero attached hydrogens (tertiary/aromatic N) is 2. The smallest absolute Gasteiger partial charge is 0.404 e. The number of furan rings is 1. The topological polar surface area (TPSA) is 119 Å². The van der Waals surface area contributed by atoms with Gasteiger partial charge < -0.3 is 25.2 Å². The van der Waals surface area contributed by atoms with Crippen molar-refractivity contribution < 1.29 is 13.9 Å². The average Bonchev–Trinajstić information content (AvgIpc) is 3.41. The van der Waals surface area contributed by atoms with Crippen molar-refractivity contribution in [3.8, 4) is 11.6 Å². The molecule has 0 spiro atoms. The van der Waals surface area contributed by atoms with Gasteiger partial charge in [-0.15, -0.1) is 0 Å². The lowest BCUT2D eigenvalue weighted by molar-refractivity contribution is 0.0854. The van der Waals surface area contributed by atoms with Crippen molar-refractivity contribution in [1.82, 2.24) is 15.0 Å². The first kappa shape index (κ1) is 17.3. The lowest BCUT2D eigenvalue weighted by Crippen LogP contribution is -2.41. The Labute approximate surface area is 168 Å². The third-order valence-electron chi connectivity index (χ3n) is 5.40. The van der Waals surface area contributed by atoms with Gasteiger partial charge in [-0.3, -0.25) is 0 Å². The van der Waals surface area contributed by atoms with Crippen molar-refractivity contribution in [2.45, 2.75) is 25.5 Å². The number of amides is 1. The van der Waals surface area contributed by atoms with Gasteiger partial charge in [0.15, 0.2) is 17.2 Å². The van der Waals surface area contributed by atoms with Crippen LogP contribution in [0.4, 0.5) is 10.5 Å². The Morgan fingerprint density at radius 3 is 2.96 bits per heavy atom. The minimum Gasteiger partial charge on any atom is -0.458 e. The molecule has 1 fully saturated rings. The number of primary amides is 1. The van der Waals surface area contributed by atoms with E-state index in [1.54, 1.807) is 6.20 Å². The Morgan fingerprint density at radius 1 is 1.39 bits per heavy atom. The molecule has 5 rings (SSSR count). The van der Waals surface area contributed by atoms with Gasteiger partial charge in [0.05, 0.1) is 16.2 Å². The first-order chi connectivity index (χ1) is 13.5. The van der Waals surface area contributed by atoms with E-state index < -0.39 is 6.09 Å². The molecule has 2 aliphatic rings. The molecular weight excluding hydrogens is 426 g/mol. The fraction of sp³-hybridized carbons (Fsp3) is 0.316. The Kier molecular flexibility index (Phi) is 3.94. The Balaban J connectivity index is 1.53. The zero-order valence-electron chi connectivity index (χ0n) is 15.0. The molecule has 4 atom stereocenters. The SMILES string of the molecule is Cc1ccc(-c2nc3ncc(Br)c(N[C@H]4[C@@H](OC(N)=O)[C@@H]5C=C[C@H]4C5)c3[nH]2)o1. The lowest BCUT2D eigenvalue weighted by atomic mass is 9.98. The van der Waals surface area contributed by atoms with Crippen LogP contribution in [0.5, 0.6) is 0 Å². The minimum absolute atomic E-state index is 0.0815. The number of hydrogen-bond donors (Lipinski definition) is 3. The van der Waals surface area contributed by atoms with Crippen molar-refractivity contribution >= 4 is 38.9 Å². The molecule has 3 aromatic heterocycles. The molecule has 9 heteroatoms. The van der Waals surface area contributed by atoms with E-state index in [1.807, 2.05) is 19.1 Å². The normalized spacial score (nSPS) is 25.5. The zero-order chi connectivity index (χ0) is 19.4. The van der Waals surface area contributed by atoms with Crippen LogP contribution in [0, 0.1) is 18.8 Å². The summed E-state index contributed by atoms with van der Waals surface area (Å²) in [6, 6.07) is 3.67. The van der Waals surface area contributed by atoms with E-state index in [0.29, 0.717) is 17.2 Å². The van der Waals surface area contributed by atoms with Crippen molar-refractivity contribution in [3.05, 3.63) is 40.7 Å². The van der Waals surface area contributed by atoms with Gasteiger partial charge in [0, 0.05) is 18.0 Å². The van der Waals surface area contributed by atoms with Crippen molar-refractivity contribution in [2.75, 3.05) is 5.32 Å². The number of hydrogen-bond acceptors (Lipinski definition) is 6. The Morgan fingerprint density at radius 2 is 2.21 bits per heavy atom. The van der Waals surface area contributed by atoms with Gasteiger partial charge in [-0.05, 0) is 41.4 Å². The molecule has 3 aromatic rings. The summed E-state index contributed by atoms with van der Waals surface area (Å²) in [5, 5.41) is 3.54. The Bertz CT molecular complexity index is 1100. The molecule has 2 bridgehead atoms. The van der Waals surface area contributed by atoms with Crippen LogP contribution in [0.25, 0.3) is 22.7 Å².